The first-order valence-corrected chi connectivity index (χ1v) is 12.8. The molecule has 1 atom stereocenters. The number of sulfonamides is 1. The van der Waals surface area contributed by atoms with Gasteiger partial charge in [0.05, 0.1) is 10.9 Å². The van der Waals surface area contributed by atoms with Crippen LogP contribution >= 0.6 is 15.9 Å². The molecule has 0 aliphatic heterocycles. The van der Waals surface area contributed by atoms with Crippen molar-refractivity contribution in [3.8, 4) is 0 Å². The van der Waals surface area contributed by atoms with Gasteiger partial charge in [0, 0.05) is 17.4 Å². The maximum Gasteiger partial charge on any atom is 0.240 e. The van der Waals surface area contributed by atoms with Crippen LogP contribution in [0.4, 0.5) is 0 Å². The van der Waals surface area contributed by atoms with Crippen LogP contribution in [0.15, 0.2) is 88.2 Å². The van der Waals surface area contributed by atoms with Crippen molar-refractivity contribution in [2.45, 2.75) is 37.1 Å². The lowest BCUT2D eigenvalue weighted by Gasteiger charge is -2.15. The second-order valence-corrected chi connectivity index (χ2v) is 10.3. The first kappa shape index (κ1) is 24.2. The topological polar surface area (TPSA) is 75.3 Å². The second-order valence-electron chi connectivity index (χ2n) is 7.62. The molecule has 3 rings (SSSR count). The largest absolute Gasteiger partial charge is 0.350 e. The van der Waals surface area contributed by atoms with Crippen LogP contribution in [0.3, 0.4) is 0 Å². The van der Waals surface area contributed by atoms with E-state index in [-0.39, 0.29) is 16.8 Å². The standard InChI is InChI=1S/C25H27BrN2O3S/c1-19(22-8-5-9-23(26)18-22)28-25(29)15-12-21-10-13-24(14-11-21)32(30,31)27-17-16-20-6-3-2-4-7-20/h2-11,13-14,18-19,27H,12,15-17H2,1H3,(H,28,29)/t19-/m0/s1. The first-order valence-electron chi connectivity index (χ1n) is 10.5. The minimum Gasteiger partial charge on any atom is -0.350 e. The van der Waals surface area contributed by atoms with E-state index in [1.54, 1.807) is 24.3 Å². The number of aryl methyl sites for hydroxylation is 1. The Kier molecular flexibility index (Phi) is 8.61. The second kappa shape index (κ2) is 11.4. The number of nitrogens with one attached hydrogen (secondary N) is 2. The Balaban J connectivity index is 1.47. The summed E-state index contributed by atoms with van der Waals surface area (Å²) in [4.78, 5) is 12.5. The van der Waals surface area contributed by atoms with Gasteiger partial charge in [0.25, 0.3) is 0 Å². The number of benzene rings is 3. The van der Waals surface area contributed by atoms with Gasteiger partial charge in [0.1, 0.15) is 0 Å². The van der Waals surface area contributed by atoms with Crippen LogP contribution in [-0.2, 0) is 27.7 Å². The third-order valence-corrected chi connectivity index (χ3v) is 7.12. The molecule has 1 amide bonds. The van der Waals surface area contributed by atoms with Crippen molar-refractivity contribution in [2.75, 3.05) is 6.54 Å². The van der Waals surface area contributed by atoms with E-state index in [4.69, 9.17) is 0 Å². The Morgan fingerprint density at radius 1 is 0.906 bits per heavy atom. The highest BCUT2D eigenvalue weighted by Gasteiger charge is 2.14. The van der Waals surface area contributed by atoms with E-state index in [1.165, 1.54) is 0 Å². The first-order chi connectivity index (χ1) is 15.3. The van der Waals surface area contributed by atoms with Crippen LogP contribution in [0, 0.1) is 0 Å². The molecule has 0 saturated heterocycles. The zero-order chi connectivity index (χ0) is 23.0. The fourth-order valence-corrected chi connectivity index (χ4v) is 4.77. The summed E-state index contributed by atoms with van der Waals surface area (Å²) in [6.45, 7) is 2.29. The van der Waals surface area contributed by atoms with Gasteiger partial charge in [-0.05, 0) is 60.7 Å². The number of halogens is 1. The number of carbonyl (C=O) groups is 1. The average molecular weight is 515 g/mol. The van der Waals surface area contributed by atoms with Crippen molar-refractivity contribution in [1.29, 1.82) is 0 Å². The van der Waals surface area contributed by atoms with Crippen LogP contribution in [0.25, 0.3) is 0 Å². The monoisotopic (exact) mass is 514 g/mol. The van der Waals surface area contributed by atoms with Gasteiger partial charge in [0.15, 0.2) is 0 Å². The normalized spacial score (nSPS) is 12.3. The zero-order valence-electron chi connectivity index (χ0n) is 17.9. The molecule has 0 aromatic heterocycles. The lowest BCUT2D eigenvalue weighted by Crippen LogP contribution is -2.27. The van der Waals surface area contributed by atoms with Gasteiger partial charge in [-0.15, -0.1) is 0 Å². The number of hydrogen-bond acceptors (Lipinski definition) is 3. The Labute approximate surface area is 198 Å². The van der Waals surface area contributed by atoms with Crippen LogP contribution in [0.2, 0.25) is 0 Å². The fourth-order valence-electron chi connectivity index (χ4n) is 3.32. The maximum atomic E-state index is 12.5. The Hall–Kier alpha value is -2.48. The summed E-state index contributed by atoms with van der Waals surface area (Å²) in [5.74, 6) is -0.0447. The number of hydrogen-bond donors (Lipinski definition) is 2. The third-order valence-electron chi connectivity index (χ3n) is 5.15. The van der Waals surface area contributed by atoms with Crippen LogP contribution < -0.4 is 10.0 Å². The summed E-state index contributed by atoms with van der Waals surface area (Å²) in [6, 6.07) is 24.2. The molecule has 0 spiro atoms. The summed E-state index contributed by atoms with van der Waals surface area (Å²) in [5, 5.41) is 3.00. The van der Waals surface area contributed by atoms with E-state index in [0.717, 1.165) is 21.2 Å². The highest BCUT2D eigenvalue weighted by Crippen LogP contribution is 2.18. The van der Waals surface area contributed by atoms with Gasteiger partial charge in [-0.3, -0.25) is 4.79 Å². The molecule has 0 bridgehead atoms. The minimum absolute atomic E-state index is 0.0447. The lowest BCUT2D eigenvalue weighted by molar-refractivity contribution is -0.121. The van der Waals surface area contributed by atoms with E-state index in [1.807, 2.05) is 61.5 Å². The summed E-state index contributed by atoms with van der Waals surface area (Å²) >= 11 is 3.44. The Bertz CT molecular complexity index is 1130. The molecule has 0 heterocycles. The molecule has 2 N–H and O–H groups in total. The summed E-state index contributed by atoms with van der Waals surface area (Å²) in [7, 11) is -3.56. The molecule has 0 aliphatic carbocycles. The highest BCUT2D eigenvalue weighted by molar-refractivity contribution is 9.10. The molecule has 0 saturated carbocycles. The zero-order valence-corrected chi connectivity index (χ0v) is 20.3. The van der Waals surface area contributed by atoms with Crippen molar-refractivity contribution in [1.82, 2.24) is 10.0 Å². The molecule has 5 nitrogen and oxygen atoms in total. The molecular weight excluding hydrogens is 488 g/mol. The molecule has 0 fully saturated rings. The number of amides is 1. The molecule has 3 aromatic rings. The molecule has 0 aliphatic rings. The van der Waals surface area contributed by atoms with Gasteiger partial charge < -0.3 is 5.32 Å². The van der Waals surface area contributed by atoms with Gasteiger partial charge >= 0.3 is 0 Å². The Morgan fingerprint density at radius 2 is 1.59 bits per heavy atom. The van der Waals surface area contributed by atoms with Crippen molar-refractivity contribution in [2.24, 2.45) is 0 Å². The van der Waals surface area contributed by atoms with E-state index in [9.17, 15) is 13.2 Å². The van der Waals surface area contributed by atoms with Crippen molar-refractivity contribution in [3.63, 3.8) is 0 Å². The van der Waals surface area contributed by atoms with Gasteiger partial charge in [0.2, 0.25) is 15.9 Å². The quantitative estimate of drug-likeness (QED) is 0.408. The van der Waals surface area contributed by atoms with Crippen LogP contribution in [-0.4, -0.2) is 20.9 Å². The van der Waals surface area contributed by atoms with Gasteiger partial charge in [-0.2, -0.15) is 0 Å². The van der Waals surface area contributed by atoms with Gasteiger partial charge in [-0.1, -0.05) is 70.5 Å². The van der Waals surface area contributed by atoms with Crippen molar-refractivity contribution >= 4 is 31.9 Å². The molecule has 7 heteroatoms. The van der Waals surface area contributed by atoms with E-state index >= 15 is 0 Å². The lowest BCUT2D eigenvalue weighted by atomic mass is 10.1. The Morgan fingerprint density at radius 3 is 2.28 bits per heavy atom. The number of rotatable bonds is 10. The predicted octanol–water partition coefficient (Wildman–Crippen LogP) is 4.78. The fraction of sp³-hybridized carbons (Fsp3) is 0.240. The minimum atomic E-state index is -3.56. The highest BCUT2D eigenvalue weighted by atomic mass is 79.9. The van der Waals surface area contributed by atoms with E-state index < -0.39 is 10.0 Å². The smallest absolute Gasteiger partial charge is 0.240 e. The SMILES string of the molecule is C[C@H](NC(=O)CCc1ccc(S(=O)(=O)NCCc2ccccc2)cc1)c1cccc(Br)c1. The third kappa shape index (κ3) is 7.29. The molecule has 168 valence electrons. The van der Waals surface area contributed by atoms with Crippen LogP contribution in [0.1, 0.15) is 36.1 Å². The van der Waals surface area contributed by atoms with Crippen molar-refractivity contribution in [3.05, 3.63) is 100 Å². The number of carbonyl (C=O) groups excluding carboxylic acids is 1. The van der Waals surface area contributed by atoms with E-state index in [0.29, 0.717) is 25.8 Å². The molecular formula is C25H27BrN2O3S. The average Bonchev–Trinajstić information content (AvgIpc) is 2.78. The molecule has 3 aromatic carbocycles. The summed E-state index contributed by atoms with van der Waals surface area (Å²) in [5.41, 5.74) is 3.03. The molecule has 0 radical (unpaired) electrons. The molecule has 32 heavy (non-hydrogen) atoms. The predicted molar refractivity (Wildman–Crippen MR) is 131 cm³/mol. The summed E-state index contributed by atoms with van der Waals surface area (Å²) in [6.07, 6.45) is 1.50. The van der Waals surface area contributed by atoms with Crippen molar-refractivity contribution < 1.29 is 13.2 Å². The summed E-state index contributed by atoms with van der Waals surface area (Å²) < 4.78 is 28.6. The van der Waals surface area contributed by atoms with E-state index in [2.05, 4.69) is 26.0 Å². The van der Waals surface area contributed by atoms with Gasteiger partial charge in [-0.25, -0.2) is 13.1 Å². The van der Waals surface area contributed by atoms with Crippen LogP contribution in [0.5, 0.6) is 0 Å². The maximum absolute atomic E-state index is 12.5. The molecule has 0 unspecified atom stereocenters.